The highest BCUT2D eigenvalue weighted by Crippen LogP contribution is 2.56. The van der Waals surface area contributed by atoms with Gasteiger partial charge in [-0.25, -0.2) is 0 Å². The van der Waals surface area contributed by atoms with Crippen molar-refractivity contribution in [3.8, 4) is 0 Å². The van der Waals surface area contributed by atoms with Crippen LogP contribution in [0.2, 0.25) is 0 Å². The molecule has 3 aliphatic rings. The molecule has 0 amide bonds. The van der Waals surface area contributed by atoms with Crippen LogP contribution in [0.4, 0.5) is 0 Å². The van der Waals surface area contributed by atoms with Crippen LogP contribution in [0, 0.1) is 23.7 Å². The molecule has 5 atom stereocenters. The highest BCUT2D eigenvalue weighted by molar-refractivity contribution is 5.14. The van der Waals surface area contributed by atoms with Crippen molar-refractivity contribution >= 4 is 0 Å². The van der Waals surface area contributed by atoms with E-state index in [1.807, 2.05) is 7.11 Å². The Bertz CT molecular complexity index is 219. The van der Waals surface area contributed by atoms with Gasteiger partial charge in [0, 0.05) is 7.11 Å². The highest BCUT2D eigenvalue weighted by atomic mass is 16.5. The molecule has 12 heavy (non-hydrogen) atoms. The summed E-state index contributed by atoms with van der Waals surface area (Å²) < 4.78 is 5.53. The van der Waals surface area contributed by atoms with E-state index in [4.69, 9.17) is 4.74 Å². The van der Waals surface area contributed by atoms with Crippen LogP contribution in [0.3, 0.4) is 0 Å². The third kappa shape index (κ3) is 0.731. The van der Waals surface area contributed by atoms with Crippen molar-refractivity contribution in [1.29, 1.82) is 0 Å². The second kappa shape index (κ2) is 2.35. The number of methoxy groups -OCH3 is 1. The lowest BCUT2D eigenvalue weighted by molar-refractivity contribution is 0.0261. The number of rotatable bonds is 1. The van der Waals surface area contributed by atoms with E-state index >= 15 is 0 Å². The minimum absolute atomic E-state index is 0.594. The van der Waals surface area contributed by atoms with Crippen LogP contribution in [0.1, 0.15) is 19.3 Å². The molecule has 2 bridgehead atoms. The summed E-state index contributed by atoms with van der Waals surface area (Å²) in [5.74, 6) is 3.73. The van der Waals surface area contributed by atoms with Gasteiger partial charge in [0.05, 0.1) is 6.10 Å². The molecule has 1 nitrogen and oxygen atoms in total. The molecule has 0 aliphatic heterocycles. The second-order valence-electron chi connectivity index (χ2n) is 4.57. The van der Waals surface area contributed by atoms with Crippen LogP contribution >= 0.6 is 0 Å². The van der Waals surface area contributed by atoms with Gasteiger partial charge in [0.2, 0.25) is 0 Å². The summed E-state index contributed by atoms with van der Waals surface area (Å²) in [4.78, 5) is 0. The molecule has 3 rings (SSSR count). The van der Waals surface area contributed by atoms with E-state index in [9.17, 15) is 0 Å². The number of hydrogen-bond acceptors (Lipinski definition) is 1. The van der Waals surface area contributed by atoms with E-state index in [2.05, 4.69) is 12.2 Å². The first-order valence-corrected chi connectivity index (χ1v) is 5.09. The van der Waals surface area contributed by atoms with E-state index in [0.717, 1.165) is 23.7 Å². The monoisotopic (exact) mass is 164 g/mol. The fraction of sp³-hybridized carbons (Fsp3) is 0.818. The zero-order valence-corrected chi connectivity index (χ0v) is 7.57. The maximum absolute atomic E-state index is 5.53. The summed E-state index contributed by atoms with van der Waals surface area (Å²) in [6.07, 6.45) is 9.53. The third-order valence-corrected chi connectivity index (χ3v) is 4.25. The molecule has 3 aliphatic carbocycles. The summed E-state index contributed by atoms with van der Waals surface area (Å²) >= 11 is 0. The molecule has 0 radical (unpaired) electrons. The van der Waals surface area contributed by atoms with Crippen molar-refractivity contribution in [2.24, 2.45) is 23.7 Å². The van der Waals surface area contributed by atoms with Gasteiger partial charge in [-0.3, -0.25) is 0 Å². The van der Waals surface area contributed by atoms with Crippen molar-refractivity contribution in [3.05, 3.63) is 12.2 Å². The lowest BCUT2D eigenvalue weighted by Crippen LogP contribution is -2.29. The van der Waals surface area contributed by atoms with Gasteiger partial charge in [-0.05, 0) is 42.9 Å². The van der Waals surface area contributed by atoms with Gasteiger partial charge in [-0.1, -0.05) is 12.2 Å². The molecule has 0 heterocycles. The Morgan fingerprint density at radius 2 is 2.17 bits per heavy atom. The summed E-state index contributed by atoms with van der Waals surface area (Å²) in [6.45, 7) is 0. The van der Waals surface area contributed by atoms with Crippen LogP contribution in [-0.4, -0.2) is 13.2 Å². The second-order valence-corrected chi connectivity index (χ2v) is 4.57. The van der Waals surface area contributed by atoms with Crippen molar-refractivity contribution in [2.75, 3.05) is 7.11 Å². The van der Waals surface area contributed by atoms with Crippen LogP contribution in [-0.2, 0) is 4.74 Å². The smallest absolute Gasteiger partial charge is 0.0605 e. The molecule has 0 spiro atoms. The van der Waals surface area contributed by atoms with Crippen LogP contribution in [0.15, 0.2) is 12.2 Å². The summed E-state index contributed by atoms with van der Waals surface area (Å²) in [6, 6.07) is 0. The zero-order valence-electron chi connectivity index (χ0n) is 7.57. The van der Waals surface area contributed by atoms with Crippen LogP contribution < -0.4 is 0 Å². The van der Waals surface area contributed by atoms with E-state index in [0.29, 0.717) is 6.10 Å². The third-order valence-electron chi connectivity index (χ3n) is 4.25. The van der Waals surface area contributed by atoms with Gasteiger partial charge in [0.25, 0.3) is 0 Å². The largest absolute Gasteiger partial charge is 0.381 e. The fourth-order valence-corrected chi connectivity index (χ4v) is 3.77. The van der Waals surface area contributed by atoms with Crippen LogP contribution in [0.5, 0.6) is 0 Å². The molecular formula is C11H16O. The van der Waals surface area contributed by atoms with E-state index in [-0.39, 0.29) is 0 Å². The molecule has 66 valence electrons. The Morgan fingerprint density at radius 3 is 3.00 bits per heavy atom. The topological polar surface area (TPSA) is 9.23 Å². The molecule has 0 aromatic heterocycles. The number of allylic oxidation sites excluding steroid dienone is 2. The summed E-state index contributed by atoms with van der Waals surface area (Å²) in [7, 11) is 1.88. The molecule has 0 saturated heterocycles. The number of fused-ring (bicyclic) bond motifs is 5. The standard InChI is InChI=1S/C11H16O/c1-12-11-6-7-5-10(11)9-4-2-3-8(7)9/h2-3,7-11H,4-6H2,1H3. The number of hydrogen-bond donors (Lipinski definition) is 0. The Kier molecular flexibility index (Phi) is 1.40. The van der Waals surface area contributed by atoms with Gasteiger partial charge in [-0.2, -0.15) is 0 Å². The Balaban J connectivity index is 1.86. The fourth-order valence-electron chi connectivity index (χ4n) is 3.77. The first-order valence-electron chi connectivity index (χ1n) is 5.09. The van der Waals surface area contributed by atoms with Gasteiger partial charge in [0.15, 0.2) is 0 Å². The van der Waals surface area contributed by atoms with Gasteiger partial charge in [0.1, 0.15) is 0 Å². The van der Waals surface area contributed by atoms with Gasteiger partial charge in [-0.15, -0.1) is 0 Å². The minimum atomic E-state index is 0.594. The first-order chi connectivity index (χ1) is 5.90. The van der Waals surface area contributed by atoms with Gasteiger partial charge < -0.3 is 4.74 Å². The van der Waals surface area contributed by atoms with Crippen LogP contribution in [0.25, 0.3) is 0 Å². The highest BCUT2D eigenvalue weighted by Gasteiger charge is 2.52. The lowest BCUT2D eigenvalue weighted by atomic mass is 9.80. The minimum Gasteiger partial charge on any atom is -0.381 e. The van der Waals surface area contributed by atoms with Crippen molar-refractivity contribution < 1.29 is 4.74 Å². The molecule has 0 aromatic carbocycles. The molecule has 0 aromatic rings. The van der Waals surface area contributed by atoms with Crippen molar-refractivity contribution in [3.63, 3.8) is 0 Å². The Hall–Kier alpha value is -0.300. The predicted molar refractivity (Wildman–Crippen MR) is 47.7 cm³/mol. The summed E-state index contributed by atoms with van der Waals surface area (Å²) in [5, 5.41) is 0. The molecule has 2 saturated carbocycles. The van der Waals surface area contributed by atoms with Gasteiger partial charge >= 0.3 is 0 Å². The summed E-state index contributed by atoms with van der Waals surface area (Å²) in [5.41, 5.74) is 0. The maximum atomic E-state index is 5.53. The SMILES string of the molecule is COC1CC2CC1C1CC=CC21. The van der Waals surface area contributed by atoms with E-state index in [1.165, 1.54) is 19.3 Å². The molecule has 2 fully saturated rings. The zero-order chi connectivity index (χ0) is 8.13. The predicted octanol–water partition coefficient (Wildman–Crippen LogP) is 2.23. The van der Waals surface area contributed by atoms with Crippen molar-refractivity contribution in [2.45, 2.75) is 25.4 Å². The average Bonchev–Trinajstić information content (AvgIpc) is 2.75. The number of ether oxygens (including phenoxy) is 1. The Morgan fingerprint density at radius 1 is 1.25 bits per heavy atom. The molecule has 5 unspecified atom stereocenters. The lowest BCUT2D eigenvalue weighted by Gasteiger charge is -2.30. The molecular weight excluding hydrogens is 148 g/mol. The first kappa shape index (κ1) is 7.14. The maximum Gasteiger partial charge on any atom is 0.0605 e. The normalized spacial score (nSPS) is 54.9. The average molecular weight is 164 g/mol. The Labute approximate surface area is 73.8 Å². The van der Waals surface area contributed by atoms with Crippen molar-refractivity contribution in [1.82, 2.24) is 0 Å². The quantitative estimate of drug-likeness (QED) is 0.540. The molecule has 0 N–H and O–H groups in total. The molecule has 1 heteroatoms. The van der Waals surface area contributed by atoms with E-state index < -0.39 is 0 Å². The van der Waals surface area contributed by atoms with E-state index in [1.54, 1.807) is 0 Å².